The van der Waals surface area contributed by atoms with Crippen LogP contribution in [0.1, 0.15) is 310 Å². The van der Waals surface area contributed by atoms with E-state index in [1.54, 1.807) is 0 Å². The molecule has 0 aromatic rings. The molecule has 1 unspecified atom stereocenters. The summed E-state index contributed by atoms with van der Waals surface area (Å²) in [4.78, 5) is 38.3. The smallest absolute Gasteiger partial charge is 0.306 e. The Morgan fingerprint density at radius 2 is 0.487 bits per heavy atom. The summed E-state index contributed by atoms with van der Waals surface area (Å²) in [5.74, 6) is -0.888. The van der Waals surface area contributed by atoms with Gasteiger partial charge in [0.15, 0.2) is 6.10 Å². The highest BCUT2D eigenvalue weighted by Crippen LogP contribution is 2.16. The number of hydrogen-bond donors (Lipinski definition) is 0. The van der Waals surface area contributed by atoms with Crippen LogP contribution in [-0.4, -0.2) is 37.2 Å². The third-order valence-corrected chi connectivity index (χ3v) is 14.2. The lowest BCUT2D eigenvalue weighted by Crippen LogP contribution is -2.30. The highest BCUT2D eigenvalue weighted by molar-refractivity contribution is 5.71. The average molecular weight is 1110 g/mol. The van der Waals surface area contributed by atoms with Crippen LogP contribution in [0.2, 0.25) is 0 Å². The Morgan fingerprint density at radius 3 is 0.787 bits per heavy atom. The monoisotopic (exact) mass is 1110 g/mol. The van der Waals surface area contributed by atoms with Gasteiger partial charge in [-0.1, -0.05) is 296 Å². The maximum absolute atomic E-state index is 12.9. The van der Waals surface area contributed by atoms with E-state index in [2.05, 4.69) is 142 Å². The Labute approximate surface area is 494 Å². The first kappa shape index (κ1) is 75.8. The van der Waals surface area contributed by atoms with Gasteiger partial charge in [-0.15, -0.1) is 0 Å². The summed E-state index contributed by atoms with van der Waals surface area (Å²) >= 11 is 0. The summed E-state index contributed by atoms with van der Waals surface area (Å²) < 4.78 is 16.9. The fourth-order valence-corrected chi connectivity index (χ4v) is 9.20. The van der Waals surface area contributed by atoms with E-state index in [1.807, 2.05) is 0 Å². The van der Waals surface area contributed by atoms with Gasteiger partial charge in [0.05, 0.1) is 0 Å². The maximum atomic E-state index is 12.9. The molecule has 0 bridgehead atoms. The number of carbonyl (C=O) groups is 3. The van der Waals surface area contributed by atoms with E-state index in [0.717, 1.165) is 122 Å². The zero-order chi connectivity index (χ0) is 57.8. The largest absolute Gasteiger partial charge is 0.462 e. The molecule has 0 amide bonds. The number of carbonyl (C=O) groups excluding carboxylic acids is 3. The van der Waals surface area contributed by atoms with E-state index < -0.39 is 6.10 Å². The lowest BCUT2D eigenvalue weighted by atomic mass is 10.1. The van der Waals surface area contributed by atoms with Crippen molar-refractivity contribution in [1.29, 1.82) is 0 Å². The van der Waals surface area contributed by atoms with Crippen molar-refractivity contribution in [1.82, 2.24) is 0 Å². The van der Waals surface area contributed by atoms with Crippen LogP contribution in [0.15, 0.2) is 122 Å². The summed E-state index contributed by atoms with van der Waals surface area (Å²) in [6, 6.07) is 0. The van der Waals surface area contributed by atoms with Crippen LogP contribution in [0.5, 0.6) is 0 Å². The maximum Gasteiger partial charge on any atom is 0.306 e. The van der Waals surface area contributed by atoms with Crippen molar-refractivity contribution in [3.8, 4) is 0 Å². The SMILES string of the molecule is CC/C=C\C/C=C\C/C=C\C/C=C\C/C=C\C/C=C\C/C=C\C/C=C\CCCCCCCCCCC(=O)OCC(COC(=O)CCCCCCCCCCCC)OC(=O)CCCCCCCCCCC/C=C\C/C=C\CCCCC. The lowest BCUT2D eigenvalue weighted by molar-refractivity contribution is -0.167. The first-order valence-electron chi connectivity index (χ1n) is 33.5. The number of rotatable bonds is 60. The zero-order valence-electron chi connectivity index (χ0n) is 52.3. The van der Waals surface area contributed by atoms with Crippen LogP contribution < -0.4 is 0 Å². The third-order valence-electron chi connectivity index (χ3n) is 14.2. The molecule has 0 aliphatic carbocycles. The van der Waals surface area contributed by atoms with Crippen molar-refractivity contribution < 1.29 is 28.6 Å². The first-order valence-corrected chi connectivity index (χ1v) is 33.5. The Kier molecular flexibility index (Phi) is 63.8. The number of esters is 3. The van der Waals surface area contributed by atoms with Crippen LogP contribution in [-0.2, 0) is 28.6 Å². The highest BCUT2D eigenvalue weighted by Gasteiger charge is 2.19. The van der Waals surface area contributed by atoms with Crippen LogP contribution in [0.25, 0.3) is 0 Å². The Balaban J connectivity index is 4.23. The van der Waals surface area contributed by atoms with E-state index in [9.17, 15) is 14.4 Å². The molecule has 0 aliphatic rings. The van der Waals surface area contributed by atoms with Gasteiger partial charge >= 0.3 is 17.9 Å². The van der Waals surface area contributed by atoms with Gasteiger partial charge < -0.3 is 14.2 Å². The van der Waals surface area contributed by atoms with E-state index in [0.29, 0.717) is 19.3 Å². The van der Waals surface area contributed by atoms with Crippen molar-refractivity contribution in [2.45, 2.75) is 316 Å². The molecule has 0 aromatic heterocycles. The van der Waals surface area contributed by atoms with Gasteiger partial charge in [0.2, 0.25) is 0 Å². The van der Waals surface area contributed by atoms with Gasteiger partial charge in [-0.2, -0.15) is 0 Å². The fraction of sp³-hybridized carbons (Fsp3) is 0.689. The second-order valence-electron chi connectivity index (χ2n) is 22.0. The zero-order valence-corrected chi connectivity index (χ0v) is 52.3. The van der Waals surface area contributed by atoms with Crippen molar-refractivity contribution in [2.24, 2.45) is 0 Å². The quantitative estimate of drug-likeness (QED) is 0.0261. The van der Waals surface area contributed by atoms with Crippen molar-refractivity contribution in [3.63, 3.8) is 0 Å². The Hall–Kier alpha value is -4.19. The van der Waals surface area contributed by atoms with Gasteiger partial charge in [0.25, 0.3) is 0 Å². The molecule has 0 N–H and O–H groups in total. The topological polar surface area (TPSA) is 78.9 Å². The standard InChI is InChI=1S/C74H124O6/c1-4-7-10-13-16-19-22-24-26-28-30-31-32-33-34-35-36-37-38-39-40-41-42-43-45-46-48-50-52-55-58-61-64-67-73(76)79-70-71(69-78-72(75)66-63-60-57-54-21-18-15-12-9-6-3)80-74(77)68-65-62-59-56-53-51-49-47-44-29-27-25-23-20-17-14-11-8-5-2/h7,10,16-17,19-20,24-27,30-31,33-34,36-37,39-40,42-43,71H,4-6,8-9,11-15,18,21-23,28-29,32,35,38,41,44-70H2,1-3H3/b10-7-,19-16-,20-17-,26-24-,27-25-,31-30-,34-33-,37-36-,40-39-,43-42-. The lowest BCUT2D eigenvalue weighted by Gasteiger charge is -2.18. The molecule has 0 spiro atoms. The van der Waals surface area contributed by atoms with Crippen LogP contribution in [0.4, 0.5) is 0 Å². The predicted molar refractivity (Wildman–Crippen MR) is 348 cm³/mol. The average Bonchev–Trinajstić information content (AvgIpc) is 3.46. The molecule has 80 heavy (non-hydrogen) atoms. The van der Waals surface area contributed by atoms with Gasteiger partial charge in [-0.25, -0.2) is 0 Å². The molecule has 1 atom stereocenters. The van der Waals surface area contributed by atoms with Gasteiger partial charge in [-0.05, 0) is 116 Å². The van der Waals surface area contributed by atoms with E-state index >= 15 is 0 Å². The van der Waals surface area contributed by atoms with Crippen LogP contribution >= 0.6 is 0 Å². The van der Waals surface area contributed by atoms with Crippen LogP contribution in [0.3, 0.4) is 0 Å². The number of hydrogen-bond acceptors (Lipinski definition) is 6. The second-order valence-corrected chi connectivity index (χ2v) is 22.0. The third kappa shape index (κ3) is 64.6. The summed E-state index contributed by atoms with van der Waals surface area (Å²) in [5.41, 5.74) is 0. The number of ether oxygens (including phenoxy) is 3. The Morgan fingerprint density at radius 1 is 0.263 bits per heavy atom. The fourth-order valence-electron chi connectivity index (χ4n) is 9.20. The van der Waals surface area contributed by atoms with Crippen LogP contribution in [0, 0.1) is 0 Å². The minimum absolute atomic E-state index is 0.0810. The summed E-state index contributed by atoms with van der Waals surface area (Å²) in [6.07, 6.45) is 93.6. The summed E-state index contributed by atoms with van der Waals surface area (Å²) in [7, 11) is 0. The van der Waals surface area contributed by atoms with Gasteiger partial charge in [0, 0.05) is 19.3 Å². The first-order chi connectivity index (χ1) is 39.5. The molecule has 0 aliphatic heterocycles. The summed E-state index contributed by atoms with van der Waals surface area (Å²) in [5, 5.41) is 0. The molecule has 0 radical (unpaired) electrons. The molecule has 0 fully saturated rings. The molecule has 456 valence electrons. The molecule has 0 aromatic carbocycles. The van der Waals surface area contributed by atoms with Crippen molar-refractivity contribution >= 4 is 17.9 Å². The molecule has 0 saturated heterocycles. The van der Waals surface area contributed by atoms with Gasteiger partial charge in [-0.3, -0.25) is 14.4 Å². The highest BCUT2D eigenvalue weighted by atomic mass is 16.6. The van der Waals surface area contributed by atoms with E-state index in [1.165, 1.54) is 148 Å². The normalized spacial score (nSPS) is 12.9. The van der Waals surface area contributed by atoms with Crippen molar-refractivity contribution in [2.75, 3.05) is 13.2 Å². The molecular weight excluding hydrogens is 985 g/mol. The molecule has 0 heterocycles. The molecule has 0 saturated carbocycles. The van der Waals surface area contributed by atoms with E-state index in [-0.39, 0.29) is 31.1 Å². The molecular formula is C74H124O6. The van der Waals surface area contributed by atoms with Crippen molar-refractivity contribution in [3.05, 3.63) is 122 Å². The van der Waals surface area contributed by atoms with E-state index in [4.69, 9.17) is 14.2 Å². The summed E-state index contributed by atoms with van der Waals surface area (Å²) in [6.45, 7) is 6.50. The van der Waals surface area contributed by atoms with Gasteiger partial charge in [0.1, 0.15) is 13.2 Å². The minimum atomic E-state index is -0.785. The number of unbranched alkanes of at least 4 members (excludes halogenated alkanes) is 29. The molecule has 6 heteroatoms. The molecule has 0 rings (SSSR count). The second kappa shape index (κ2) is 67.3. The Bertz CT molecular complexity index is 1650. The number of allylic oxidation sites excluding steroid dienone is 20. The predicted octanol–water partition coefficient (Wildman–Crippen LogP) is 23.2. The minimum Gasteiger partial charge on any atom is -0.462 e. The molecule has 6 nitrogen and oxygen atoms in total.